The van der Waals surface area contributed by atoms with Gasteiger partial charge in [0.15, 0.2) is 0 Å². The Balaban J connectivity index is 0.00000499. The first-order chi connectivity index (χ1) is 28.1. The van der Waals surface area contributed by atoms with Gasteiger partial charge in [-0.3, -0.25) is 0 Å². The summed E-state index contributed by atoms with van der Waals surface area (Å²) < 4.78 is 8.83. The molecule has 2 aromatic heterocycles. The molecule has 4 aromatic carbocycles. The van der Waals surface area contributed by atoms with Gasteiger partial charge in [0.1, 0.15) is 5.82 Å². The molecule has 0 amide bonds. The van der Waals surface area contributed by atoms with E-state index in [9.17, 15) is 0 Å². The second kappa shape index (κ2) is 15.6. The fraction of sp³-hybridized carbons (Fsp3) is 0.269. The molecule has 0 saturated heterocycles. The van der Waals surface area contributed by atoms with Gasteiger partial charge in [0.2, 0.25) is 0 Å². The van der Waals surface area contributed by atoms with E-state index in [2.05, 4.69) is 203 Å². The van der Waals surface area contributed by atoms with Crippen LogP contribution in [0.3, 0.4) is 0 Å². The predicted octanol–water partition coefficient (Wildman–Crippen LogP) is 13.4. The Kier molecular flexibility index (Phi) is 10.8. The van der Waals surface area contributed by atoms with Crippen molar-refractivity contribution in [2.45, 2.75) is 80.6 Å². The molecule has 0 saturated carbocycles. The fourth-order valence-electron chi connectivity index (χ4n) is 8.55. The van der Waals surface area contributed by atoms with Crippen molar-refractivity contribution in [3.63, 3.8) is 0 Å². The largest absolute Gasteiger partial charge is 0.509 e. The van der Waals surface area contributed by atoms with E-state index < -0.39 is 0 Å². The van der Waals surface area contributed by atoms with Crippen LogP contribution in [0, 0.1) is 29.6 Å². The zero-order valence-corrected chi connectivity index (χ0v) is 38.4. The molecule has 5 heterocycles. The van der Waals surface area contributed by atoms with Crippen LogP contribution in [0.2, 0.25) is 0 Å². The van der Waals surface area contributed by atoms with Crippen molar-refractivity contribution in [3.8, 4) is 17.3 Å². The van der Waals surface area contributed by atoms with E-state index in [-0.39, 0.29) is 44.2 Å². The number of allylic oxidation sites excluding steroid dienone is 4. The minimum Gasteiger partial charge on any atom is -0.509 e. The van der Waals surface area contributed by atoms with Gasteiger partial charge in [-0.15, -0.1) is 48.1 Å². The average molecular weight is 970 g/mol. The minimum atomic E-state index is -0.0152. The van der Waals surface area contributed by atoms with Crippen LogP contribution in [0.1, 0.15) is 80.7 Å². The molecule has 0 bridgehead atoms. The number of aromatic nitrogens is 2. The minimum absolute atomic E-state index is 0. The van der Waals surface area contributed by atoms with Crippen LogP contribution in [0.5, 0.6) is 11.5 Å². The van der Waals surface area contributed by atoms with E-state index in [0.29, 0.717) is 11.5 Å². The maximum absolute atomic E-state index is 6.64. The Labute approximate surface area is 371 Å². The number of pyridine rings is 1. The van der Waals surface area contributed by atoms with Crippen molar-refractivity contribution in [2.75, 3.05) is 9.80 Å². The van der Waals surface area contributed by atoms with E-state index >= 15 is 0 Å². The van der Waals surface area contributed by atoms with Crippen LogP contribution >= 0.6 is 0 Å². The predicted molar refractivity (Wildman–Crippen MR) is 246 cm³/mol. The molecule has 308 valence electrons. The van der Waals surface area contributed by atoms with Gasteiger partial charge in [-0.05, 0) is 87.7 Å². The van der Waals surface area contributed by atoms with Crippen molar-refractivity contribution in [1.82, 2.24) is 14.4 Å². The number of rotatable bonds is 7. The van der Waals surface area contributed by atoms with Gasteiger partial charge in [0.25, 0.3) is 0 Å². The summed E-state index contributed by atoms with van der Waals surface area (Å²) in [7, 11) is 0. The van der Waals surface area contributed by atoms with Gasteiger partial charge in [0.05, 0.1) is 5.82 Å². The Morgan fingerprint density at radius 1 is 0.700 bits per heavy atom. The molecule has 0 aliphatic carbocycles. The molecule has 3 aliphatic heterocycles. The Hall–Kier alpha value is -5.26. The summed E-state index contributed by atoms with van der Waals surface area (Å²) in [6.07, 6.45) is 10.9. The summed E-state index contributed by atoms with van der Waals surface area (Å²) in [5.74, 6) is 7.96. The topological polar surface area (TPSA) is 36.8 Å². The van der Waals surface area contributed by atoms with Gasteiger partial charge >= 0.3 is 6.85 Å². The van der Waals surface area contributed by atoms with E-state index in [4.69, 9.17) is 9.72 Å². The first-order valence-electron chi connectivity index (χ1n) is 20.8. The van der Waals surface area contributed by atoms with Gasteiger partial charge in [-0.25, -0.2) is 4.98 Å². The number of hydrogen-bond acceptors (Lipinski definition) is 5. The number of benzene rings is 4. The maximum atomic E-state index is 6.64. The summed E-state index contributed by atoms with van der Waals surface area (Å²) in [6.45, 7) is 22.9. The van der Waals surface area contributed by atoms with E-state index in [1.165, 1.54) is 22.5 Å². The quantitative estimate of drug-likeness (QED) is 0.118. The molecule has 0 unspecified atom stereocenters. The van der Waals surface area contributed by atoms with E-state index in [1.807, 2.05) is 24.4 Å². The van der Waals surface area contributed by atoms with Crippen LogP contribution in [0.15, 0.2) is 144 Å². The molecule has 0 atom stereocenters. The number of para-hydroxylation sites is 3. The normalized spacial score (nSPS) is 15.4. The van der Waals surface area contributed by atoms with Gasteiger partial charge in [-0.2, -0.15) is 12.1 Å². The Morgan fingerprint density at radius 2 is 1.40 bits per heavy atom. The summed E-state index contributed by atoms with van der Waals surface area (Å²) >= 11 is 0. The third-order valence-electron chi connectivity index (χ3n) is 11.1. The van der Waals surface area contributed by atoms with Crippen molar-refractivity contribution >= 4 is 45.7 Å². The molecular formula is C52H53BN5OPt-3. The SMILES string of the molecule is CC(C)(C)CC1=CN2B(C=C1)C=CC(CC(C)(C)C)=C2N1[CH-]N(c2[c-]c(Oc3[c-]c4c(cc3)c3ccccc3n4-c3cc(C(C)(C)C)ccn3)ccc2)c2ccccc21.[Pt]. The van der Waals surface area contributed by atoms with E-state index in [1.54, 1.807) is 0 Å². The molecule has 0 spiro atoms. The Morgan fingerprint density at radius 3 is 2.15 bits per heavy atom. The molecule has 6 nitrogen and oxygen atoms in total. The summed E-state index contributed by atoms with van der Waals surface area (Å²) in [5.41, 5.74) is 9.23. The number of anilines is 3. The molecule has 0 N–H and O–H groups in total. The fourth-order valence-corrected chi connectivity index (χ4v) is 8.55. The average Bonchev–Trinajstić information content (AvgIpc) is 3.72. The van der Waals surface area contributed by atoms with E-state index in [0.717, 1.165) is 57.5 Å². The molecule has 60 heavy (non-hydrogen) atoms. The molecular weight excluding hydrogens is 916 g/mol. The van der Waals surface area contributed by atoms with Crippen molar-refractivity contribution < 1.29 is 25.8 Å². The number of fused-ring (bicyclic) bond motifs is 5. The Bertz CT molecular complexity index is 2720. The van der Waals surface area contributed by atoms with Gasteiger partial charge in [-0.1, -0.05) is 122 Å². The van der Waals surface area contributed by atoms with Crippen LogP contribution in [-0.4, -0.2) is 21.2 Å². The molecule has 6 aromatic rings. The second-order valence-corrected chi connectivity index (χ2v) is 19.6. The maximum Gasteiger partial charge on any atom is 0.313 e. The first-order valence-corrected chi connectivity index (χ1v) is 20.8. The van der Waals surface area contributed by atoms with Crippen LogP contribution in [0.4, 0.5) is 17.1 Å². The van der Waals surface area contributed by atoms with Gasteiger partial charge in [0, 0.05) is 55.7 Å². The van der Waals surface area contributed by atoms with Crippen LogP contribution in [0.25, 0.3) is 27.6 Å². The van der Waals surface area contributed by atoms with Crippen molar-refractivity contribution in [2.24, 2.45) is 10.8 Å². The van der Waals surface area contributed by atoms with Crippen molar-refractivity contribution in [1.29, 1.82) is 0 Å². The van der Waals surface area contributed by atoms with Crippen LogP contribution in [-0.2, 0) is 26.5 Å². The number of ether oxygens (including phenoxy) is 1. The van der Waals surface area contributed by atoms with Crippen LogP contribution < -0.4 is 14.5 Å². The first kappa shape index (κ1) is 41.5. The van der Waals surface area contributed by atoms with Crippen molar-refractivity contribution in [3.05, 3.63) is 169 Å². The number of hydrogen-bond donors (Lipinski definition) is 0. The van der Waals surface area contributed by atoms with Gasteiger partial charge < -0.3 is 23.9 Å². The summed E-state index contributed by atoms with van der Waals surface area (Å²) in [6, 6.07) is 38.9. The molecule has 0 radical (unpaired) electrons. The monoisotopic (exact) mass is 969 g/mol. The standard InChI is InChI=1S/C52H53BN5O.Pt/c1-50(2,3)32-36-23-26-53-27-24-37(33-51(4,5)6)49(57(53)34-36)56-35-55(45-19-12-13-20-46(45)56)39-15-14-16-40(30-39)59-41-21-22-43-42-17-10-11-18-44(42)58(47(43)31-41)48-29-38(25-28-54-48)52(7,8)9;/h10-29,34-35H,32-33H2,1-9H3;/q-3;. The summed E-state index contributed by atoms with van der Waals surface area (Å²) in [4.78, 5) is 11.9. The molecule has 9 rings (SSSR count). The zero-order chi connectivity index (χ0) is 41.3. The third-order valence-corrected chi connectivity index (χ3v) is 11.1. The molecule has 8 heteroatoms. The third kappa shape index (κ3) is 8.14. The molecule has 3 aliphatic rings. The summed E-state index contributed by atoms with van der Waals surface area (Å²) in [5, 5.41) is 2.25. The molecule has 0 fully saturated rings. The second-order valence-electron chi connectivity index (χ2n) is 19.6. The zero-order valence-electron chi connectivity index (χ0n) is 36.2. The smallest absolute Gasteiger partial charge is 0.313 e. The number of nitrogens with zero attached hydrogens (tertiary/aromatic N) is 5.